The second-order valence-electron chi connectivity index (χ2n) is 5.64. The minimum atomic E-state index is -0.292. The van der Waals surface area contributed by atoms with Gasteiger partial charge >= 0.3 is 5.97 Å². The fourth-order valence-corrected chi connectivity index (χ4v) is 2.74. The van der Waals surface area contributed by atoms with Crippen molar-refractivity contribution in [1.29, 1.82) is 0 Å². The van der Waals surface area contributed by atoms with Gasteiger partial charge in [-0.2, -0.15) is 0 Å². The van der Waals surface area contributed by atoms with Gasteiger partial charge in [0.1, 0.15) is 38.8 Å². The Labute approximate surface area is 125 Å². The molecule has 1 heterocycles. The summed E-state index contributed by atoms with van der Waals surface area (Å²) in [5, 5.41) is 0.555. The number of ether oxygens (including phenoxy) is 1. The topological polar surface area (TPSA) is 35.2 Å². The highest BCUT2D eigenvalue weighted by atomic mass is 35.5. The molecule has 0 amide bonds. The molecule has 0 bridgehead atoms. The van der Waals surface area contributed by atoms with E-state index in [0.717, 1.165) is 19.6 Å². The molecular formula is C15H23ClN2O2+2. The van der Waals surface area contributed by atoms with Crippen molar-refractivity contribution in [2.24, 2.45) is 0 Å². The van der Waals surface area contributed by atoms with Crippen molar-refractivity contribution in [2.75, 3.05) is 39.8 Å². The first-order valence-electron chi connectivity index (χ1n) is 7.16. The zero-order valence-corrected chi connectivity index (χ0v) is 12.9. The van der Waals surface area contributed by atoms with Gasteiger partial charge in [0.25, 0.3) is 0 Å². The quantitative estimate of drug-likeness (QED) is 0.721. The van der Waals surface area contributed by atoms with Crippen molar-refractivity contribution in [3.05, 3.63) is 34.9 Å². The van der Waals surface area contributed by atoms with E-state index in [1.165, 1.54) is 18.0 Å². The number of hydrogen-bond acceptors (Lipinski definition) is 2. The highest BCUT2D eigenvalue weighted by molar-refractivity contribution is 6.30. The molecule has 0 spiro atoms. The van der Waals surface area contributed by atoms with Crippen molar-refractivity contribution in [1.82, 2.24) is 0 Å². The van der Waals surface area contributed by atoms with E-state index < -0.39 is 0 Å². The third-order valence-corrected chi connectivity index (χ3v) is 3.99. The van der Waals surface area contributed by atoms with Crippen LogP contribution in [0.1, 0.15) is 17.3 Å². The van der Waals surface area contributed by atoms with E-state index in [1.807, 2.05) is 6.92 Å². The standard InChI is InChI=1S/C15H21ClN2O2/c1-12(11-18-8-6-17(2)7-9-18)20-15(19)13-4-3-5-14(16)10-13/h3-5,10,12H,6-9,11H2,1-2H3/p+2/t12-/m1/s1. The third kappa shape index (κ3) is 4.47. The molecule has 1 aliphatic rings. The fourth-order valence-electron chi connectivity index (χ4n) is 2.55. The third-order valence-electron chi connectivity index (χ3n) is 3.76. The van der Waals surface area contributed by atoms with E-state index in [-0.39, 0.29) is 12.1 Å². The van der Waals surface area contributed by atoms with Crippen LogP contribution in [0.25, 0.3) is 0 Å². The van der Waals surface area contributed by atoms with Gasteiger partial charge in [-0.15, -0.1) is 0 Å². The summed E-state index contributed by atoms with van der Waals surface area (Å²) in [7, 11) is 2.22. The molecule has 1 aliphatic heterocycles. The second-order valence-corrected chi connectivity index (χ2v) is 6.07. The number of esters is 1. The molecule has 1 fully saturated rings. The summed E-state index contributed by atoms with van der Waals surface area (Å²) < 4.78 is 5.50. The predicted molar refractivity (Wildman–Crippen MR) is 78.5 cm³/mol. The molecule has 0 unspecified atom stereocenters. The highest BCUT2D eigenvalue weighted by Crippen LogP contribution is 2.12. The molecule has 0 aromatic heterocycles. The number of quaternary nitrogens is 2. The Morgan fingerprint density at radius 3 is 2.70 bits per heavy atom. The monoisotopic (exact) mass is 298 g/mol. The lowest BCUT2D eigenvalue weighted by Gasteiger charge is -2.28. The summed E-state index contributed by atoms with van der Waals surface area (Å²) >= 11 is 5.88. The first-order chi connectivity index (χ1) is 9.54. The minimum absolute atomic E-state index is 0.0742. The summed E-state index contributed by atoms with van der Waals surface area (Å²) in [5.74, 6) is -0.292. The Hall–Kier alpha value is -1.10. The van der Waals surface area contributed by atoms with Crippen molar-refractivity contribution in [2.45, 2.75) is 13.0 Å². The highest BCUT2D eigenvalue weighted by Gasteiger charge is 2.23. The Morgan fingerprint density at radius 2 is 2.05 bits per heavy atom. The maximum atomic E-state index is 12.0. The molecule has 20 heavy (non-hydrogen) atoms. The van der Waals surface area contributed by atoms with Gasteiger partial charge in [-0.05, 0) is 25.1 Å². The smallest absolute Gasteiger partial charge is 0.338 e. The minimum Gasteiger partial charge on any atom is -0.453 e. The number of carbonyl (C=O) groups excluding carboxylic acids is 1. The van der Waals surface area contributed by atoms with Crippen LogP contribution in [-0.2, 0) is 4.74 Å². The van der Waals surface area contributed by atoms with Gasteiger partial charge in [0.2, 0.25) is 0 Å². The van der Waals surface area contributed by atoms with Gasteiger partial charge < -0.3 is 14.5 Å². The molecule has 0 radical (unpaired) electrons. The van der Waals surface area contributed by atoms with Gasteiger partial charge in [0.15, 0.2) is 0 Å². The maximum Gasteiger partial charge on any atom is 0.338 e. The van der Waals surface area contributed by atoms with Crippen molar-refractivity contribution >= 4 is 17.6 Å². The molecule has 1 aromatic carbocycles. The number of benzene rings is 1. The van der Waals surface area contributed by atoms with Crippen molar-refractivity contribution in [3.63, 3.8) is 0 Å². The average Bonchev–Trinajstić information content (AvgIpc) is 2.41. The Balaban J connectivity index is 1.82. The van der Waals surface area contributed by atoms with Gasteiger partial charge in [-0.25, -0.2) is 4.79 Å². The number of rotatable bonds is 4. The number of halogens is 1. The predicted octanol–water partition coefficient (Wildman–Crippen LogP) is -0.701. The van der Waals surface area contributed by atoms with Gasteiger partial charge in [0, 0.05) is 5.02 Å². The molecule has 0 saturated carbocycles. The summed E-state index contributed by atoms with van der Waals surface area (Å²) in [6, 6.07) is 6.88. The zero-order chi connectivity index (χ0) is 14.5. The SMILES string of the molecule is C[C@H](C[NH+]1CC[NH+](C)CC1)OC(=O)c1cccc(Cl)c1. The van der Waals surface area contributed by atoms with Crippen LogP contribution in [0.4, 0.5) is 0 Å². The van der Waals surface area contributed by atoms with E-state index in [9.17, 15) is 4.79 Å². The molecule has 110 valence electrons. The first kappa shape index (κ1) is 15.3. The molecule has 0 aliphatic carbocycles. The normalized spacial score (nSPS) is 24.1. The number of hydrogen-bond donors (Lipinski definition) is 2. The molecule has 1 atom stereocenters. The summed E-state index contributed by atoms with van der Waals surface area (Å²) in [6.07, 6.45) is -0.0742. The first-order valence-corrected chi connectivity index (χ1v) is 7.54. The van der Waals surface area contributed by atoms with E-state index in [0.29, 0.717) is 10.6 Å². The van der Waals surface area contributed by atoms with Crippen LogP contribution < -0.4 is 9.80 Å². The van der Waals surface area contributed by atoms with Crippen LogP contribution in [0.2, 0.25) is 5.02 Å². The van der Waals surface area contributed by atoms with Crippen molar-refractivity contribution in [3.8, 4) is 0 Å². The lowest BCUT2D eigenvalue weighted by Crippen LogP contribution is -3.27. The molecule has 2 rings (SSSR count). The van der Waals surface area contributed by atoms with E-state index in [4.69, 9.17) is 16.3 Å². The maximum absolute atomic E-state index is 12.0. The van der Waals surface area contributed by atoms with Crippen molar-refractivity contribution < 1.29 is 19.3 Å². The Morgan fingerprint density at radius 1 is 1.35 bits per heavy atom. The Bertz CT molecular complexity index is 459. The van der Waals surface area contributed by atoms with Gasteiger partial charge in [-0.3, -0.25) is 0 Å². The van der Waals surface area contributed by atoms with Crippen LogP contribution >= 0.6 is 11.6 Å². The molecule has 1 saturated heterocycles. The van der Waals surface area contributed by atoms with E-state index in [2.05, 4.69) is 7.05 Å². The molecular weight excluding hydrogens is 276 g/mol. The van der Waals surface area contributed by atoms with E-state index >= 15 is 0 Å². The summed E-state index contributed by atoms with van der Waals surface area (Å²) in [6.45, 7) is 7.49. The van der Waals surface area contributed by atoms with Gasteiger partial charge in [-0.1, -0.05) is 17.7 Å². The van der Waals surface area contributed by atoms with E-state index in [1.54, 1.807) is 29.2 Å². The molecule has 5 heteroatoms. The average molecular weight is 299 g/mol. The molecule has 1 aromatic rings. The molecule has 4 nitrogen and oxygen atoms in total. The largest absolute Gasteiger partial charge is 0.453 e. The lowest BCUT2D eigenvalue weighted by atomic mass is 10.2. The second kappa shape index (κ2) is 7.07. The number of piperazine rings is 1. The van der Waals surface area contributed by atoms with Crippen LogP contribution in [0.5, 0.6) is 0 Å². The summed E-state index contributed by atoms with van der Waals surface area (Å²) in [4.78, 5) is 15.1. The van der Waals surface area contributed by atoms with Crippen LogP contribution in [0.15, 0.2) is 24.3 Å². The van der Waals surface area contributed by atoms with Crippen LogP contribution in [0.3, 0.4) is 0 Å². The van der Waals surface area contributed by atoms with Crippen LogP contribution in [-0.4, -0.2) is 51.8 Å². The lowest BCUT2D eigenvalue weighted by molar-refractivity contribution is -1.00. The number of carbonyl (C=O) groups is 1. The number of likely N-dealkylation sites (N-methyl/N-ethyl adjacent to an activating group) is 1. The molecule has 2 N–H and O–H groups in total. The van der Waals surface area contributed by atoms with Crippen LogP contribution in [0, 0.1) is 0 Å². The zero-order valence-electron chi connectivity index (χ0n) is 12.1. The fraction of sp³-hybridized carbons (Fsp3) is 0.533. The summed E-state index contributed by atoms with van der Waals surface area (Å²) in [5.41, 5.74) is 0.516. The number of nitrogens with one attached hydrogen (secondary N) is 2. The Kier molecular flexibility index (Phi) is 5.40. The van der Waals surface area contributed by atoms with Gasteiger partial charge in [0.05, 0.1) is 12.6 Å².